The normalized spacial score (nSPS) is 20.6. The highest BCUT2D eigenvalue weighted by Gasteiger charge is 2.23. The van der Waals surface area contributed by atoms with Crippen LogP contribution in [0.15, 0.2) is 34.8 Å². The fraction of sp³-hybridized carbons (Fsp3) is 0.357. The number of nitrogens with zero attached hydrogens (tertiary/aromatic N) is 1. The third kappa shape index (κ3) is 2.28. The van der Waals surface area contributed by atoms with Crippen LogP contribution in [0.5, 0.6) is 0 Å². The highest BCUT2D eigenvalue weighted by molar-refractivity contribution is 6.02. The summed E-state index contributed by atoms with van der Waals surface area (Å²) in [4.78, 5) is 4.42. The van der Waals surface area contributed by atoms with E-state index in [4.69, 9.17) is 0 Å². The predicted octanol–water partition coefficient (Wildman–Crippen LogP) is 3.88. The Labute approximate surface area is 99.9 Å². The van der Waals surface area contributed by atoms with Crippen LogP contribution >= 0.6 is 0 Å². The summed E-state index contributed by atoms with van der Waals surface area (Å²) < 4.78 is 27.2. The number of benzene rings is 1. The topological polar surface area (TPSA) is 12.4 Å². The van der Waals surface area contributed by atoms with E-state index >= 15 is 0 Å². The molecule has 1 atom stereocenters. The van der Waals surface area contributed by atoms with Crippen molar-refractivity contribution in [3.8, 4) is 0 Å². The summed E-state index contributed by atoms with van der Waals surface area (Å²) in [5.41, 5.74) is 1.74. The SMILES string of the molecule is C/C=C(\C)[C@H]1CCC(c2c(F)cccc2F)=N1. The predicted molar refractivity (Wildman–Crippen MR) is 65.3 cm³/mol. The lowest BCUT2D eigenvalue weighted by atomic mass is 10.0. The fourth-order valence-electron chi connectivity index (χ4n) is 2.08. The van der Waals surface area contributed by atoms with Crippen LogP contribution in [0.1, 0.15) is 32.3 Å². The first-order valence-corrected chi connectivity index (χ1v) is 5.77. The summed E-state index contributed by atoms with van der Waals surface area (Å²) in [7, 11) is 0. The molecule has 0 aromatic heterocycles. The van der Waals surface area contributed by atoms with Crippen LogP contribution in [0.25, 0.3) is 0 Å². The van der Waals surface area contributed by atoms with Gasteiger partial charge in [-0.2, -0.15) is 0 Å². The van der Waals surface area contributed by atoms with Gasteiger partial charge in [0.05, 0.1) is 11.6 Å². The van der Waals surface area contributed by atoms with Gasteiger partial charge in [0.25, 0.3) is 0 Å². The van der Waals surface area contributed by atoms with E-state index in [-0.39, 0.29) is 11.6 Å². The quantitative estimate of drug-likeness (QED) is 0.690. The second kappa shape index (κ2) is 4.78. The second-order valence-corrected chi connectivity index (χ2v) is 4.26. The summed E-state index contributed by atoms with van der Waals surface area (Å²) in [6.45, 7) is 3.95. The van der Waals surface area contributed by atoms with Gasteiger partial charge < -0.3 is 0 Å². The molecule has 0 N–H and O–H groups in total. The highest BCUT2D eigenvalue weighted by atomic mass is 19.1. The first kappa shape index (κ1) is 12.0. The van der Waals surface area contributed by atoms with Gasteiger partial charge in [-0.05, 0) is 38.8 Å². The number of hydrogen-bond acceptors (Lipinski definition) is 1. The van der Waals surface area contributed by atoms with E-state index in [0.29, 0.717) is 12.1 Å². The molecule has 90 valence electrons. The molecular weight excluding hydrogens is 220 g/mol. The third-order valence-corrected chi connectivity index (χ3v) is 3.20. The largest absolute Gasteiger partial charge is 0.281 e. The van der Waals surface area contributed by atoms with Crippen LogP contribution in [0.2, 0.25) is 0 Å². The standard InChI is InChI=1S/C14H15F2N/c1-3-9(2)12-7-8-13(17-12)14-10(15)5-4-6-11(14)16/h3-6,12H,7-8H2,1-2H3/b9-3+/t12-/m1/s1. The number of halogens is 2. The summed E-state index contributed by atoms with van der Waals surface area (Å²) in [5.74, 6) is -1.05. The average molecular weight is 235 g/mol. The van der Waals surface area contributed by atoms with Crippen LogP contribution < -0.4 is 0 Å². The van der Waals surface area contributed by atoms with Gasteiger partial charge in [-0.3, -0.25) is 4.99 Å². The molecule has 1 aliphatic heterocycles. The molecule has 0 aliphatic carbocycles. The zero-order valence-electron chi connectivity index (χ0n) is 10.0. The monoisotopic (exact) mass is 235 g/mol. The van der Waals surface area contributed by atoms with Crippen molar-refractivity contribution < 1.29 is 8.78 Å². The summed E-state index contributed by atoms with van der Waals surface area (Å²) >= 11 is 0. The molecule has 0 radical (unpaired) electrons. The van der Waals surface area contributed by atoms with Crippen LogP contribution in [-0.4, -0.2) is 11.8 Å². The van der Waals surface area contributed by atoms with Gasteiger partial charge in [0.2, 0.25) is 0 Å². The molecule has 17 heavy (non-hydrogen) atoms. The van der Waals surface area contributed by atoms with Crippen molar-refractivity contribution >= 4 is 5.71 Å². The third-order valence-electron chi connectivity index (χ3n) is 3.20. The Morgan fingerprint density at radius 2 is 2.00 bits per heavy atom. The van der Waals surface area contributed by atoms with Crippen molar-refractivity contribution in [1.29, 1.82) is 0 Å². The Kier molecular flexibility index (Phi) is 3.36. The van der Waals surface area contributed by atoms with Gasteiger partial charge in [-0.15, -0.1) is 0 Å². The number of rotatable bonds is 2. The highest BCUT2D eigenvalue weighted by Crippen LogP contribution is 2.26. The van der Waals surface area contributed by atoms with E-state index < -0.39 is 11.6 Å². The lowest BCUT2D eigenvalue weighted by molar-refractivity contribution is 0.578. The molecular formula is C14H15F2N. The minimum Gasteiger partial charge on any atom is -0.281 e. The zero-order valence-corrected chi connectivity index (χ0v) is 10.0. The van der Waals surface area contributed by atoms with Crippen LogP contribution in [0.3, 0.4) is 0 Å². The van der Waals surface area contributed by atoms with Crippen LogP contribution in [0.4, 0.5) is 8.78 Å². The molecule has 0 amide bonds. The van der Waals surface area contributed by atoms with Crippen molar-refractivity contribution in [2.75, 3.05) is 0 Å². The summed E-state index contributed by atoms with van der Waals surface area (Å²) in [6, 6.07) is 4.00. The smallest absolute Gasteiger partial charge is 0.135 e. The second-order valence-electron chi connectivity index (χ2n) is 4.26. The van der Waals surface area contributed by atoms with Crippen molar-refractivity contribution in [2.24, 2.45) is 4.99 Å². The molecule has 0 bridgehead atoms. The Morgan fingerprint density at radius 1 is 1.35 bits per heavy atom. The van der Waals surface area contributed by atoms with E-state index in [1.165, 1.54) is 18.2 Å². The maximum absolute atomic E-state index is 13.6. The fourth-order valence-corrected chi connectivity index (χ4v) is 2.08. The molecule has 1 aromatic carbocycles. The maximum atomic E-state index is 13.6. The minimum atomic E-state index is -0.525. The minimum absolute atomic E-state index is 0.0407. The Balaban J connectivity index is 2.37. The molecule has 1 nitrogen and oxygen atoms in total. The van der Waals surface area contributed by atoms with Gasteiger partial charge in [0.1, 0.15) is 11.6 Å². The average Bonchev–Trinajstić information content (AvgIpc) is 2.77. The first-order valence-electron chi connectivity index (χ1n) is 5.77. The number of allylic oxidation sites excluding steroid dienone is 1. The van der Waals surface area contributed by atoms with E-state index in [1.807, 2.05) is 19.9 Å². The molecule has 3 heteroatoms. The maximum Gasteiger partial charge on any atom is 0.135 e. The van der Waals surface area contributed by atoms with Gasteiger partial charge in [-0.25, -0.2) is 8.78 Å². The molecule has 1 heterocycles. The number of aliphatic imine (C=N–C) groups is 1. The molecule has 2 rings (SSSR count). The van der Waals surface area contributed by atoms with E-state index in [9.17, 15) is 8.78 Å². The Hall–Kier alpha value is -1.51. The van der Waals surface area contributed by atoms with Gasteiger partial charge in [0.15, 0.2) is 0 Å². The van der Waals surface area contributed by atoms with Crippen molar-refractivity contribution in [1.82, 2.24) is 0 Å². The van der Waals surface area contributed by atoms with E-state index in [2.05, 4.69) is 4.99 Å². The number of hydrogen-bond donors (Lipinski definition) is 0. The molecule has 1 aliphatic rings. The molecule has 0 saturated heterocycles. The van der Waals surface area contributed by atoms with E-state index in [0.717, 1.165) is 12.0 Å². The summed E-state index contributed by atoms with van der Waals surface area (Å²) in [6.07, 6.45) is 3.46. The first-order chi connectivity index (χ1) is 8.13. The molecule has 1 aromatic rings. The zero-order chi connectivity index (χ0) is 12.4. The van der Waals surface area contributed by atoms with Gasteiger partial charge >= 0.3 is 0 Å². The molecule has 0 spiro atoms. The Morgan fingerprint density at radius 3 is 2.59 bits per heavy atom. The van der Waals surface area contributed by atoms with Crippen molar-refractivity contribution in [3.05, 3.63) is 47.0 Å². The van der Waals surface area contributed by atoms with Gasteiger partial charge in [0, 0.05) is 5.71 Å². The Bertz CT molecular complexity index is 469. The van der Waals surface area contributed by atoms with Crippen LogP contribution in [0, 0.1) is 11.6 Å². The lowest BCUT2D eigenvalue weighted by Crippen LogP contribution is -2.04. The molecule has 0 saturated carbocycles. The lowest BCUT2D eigenvalue weighted by Gasteiger charge is -2.05. The molecule has 0 unspecified atom stereocenters. The van der Waals surface area contributed by atoms with Gasteiger partial charge in [-0.1, -0.05) is 17.7 Å². The van der Waals surface area contributed by atoms with Crippen molar-refractivity contribution in [3.63, 3.8) is 0 Å². The van der Waals surface area contributed by atoms with Crippen LogP contribution in [-0.2, 0) is 0 Å². The van der Waals surface area contributed by atoms with E-state index in [1.54, 1.807) is 0 Å². The molecule has 0 fully saturated rings. The van der Waals surface area contributed by atoms with Crippen molar-refractivity contribution in [2.45, 2.75) is 32.7 Å². The summed E-state index contributed by atoms with van der Waals surface area (Å²) in [5, 5.41) is 0.